The Morgan fingerprint density at radius 2 is 2.08 bits per heavy atom. The van der Waals surface area contributed by atoms with Crippen molar-refractivity contribution in [1.82, 2.24) is 0 Å². The molecule has 0 heterocycles. The van der Waals surface area contributed by atoms with E-state index in [1.807, 2.05) is 12.1 Å². The van der Waals surface area contributed by atoms with E-state index >= 15 is 0 Å². The van der Waals surface area contributed by atoms with Gasteiger partial charge in [0.15, 0.2) is 0 Å². The molecule has 0 spiro atoms. The van der Waals surface area contributed by atoms with Crippen molar-refractivity contribution in [1.29, 1.82) is 0 Å². The van der Waals surface area contributed by atoms with Crippen molar-refractivity contribution in [3.05, 3.63) is 29.3 Å². The lowest BCUT2D eigenvalue weighted by Gasteiger charge is -2.54. The Kier molecular flexibility index (Phi) is 4.57. The summed E-state index contributed by atoms with van der Waals surface area (Å²) in [4.78, 5) is 0. The van der Waals surface area contributed by atoms with E-state index < -0.39 is 0 Å². The topological polar surface area (TPSA) is 49.7 Å². The number of rotatable bonds is 4. The summed E-state index contributed by atoms with van der Waals surface area (Å²) in [6.07, 6.45) is 6.42. The molecule has 2 N–H and O–H groups in total. The van der Waals surface area contributed by atoms with E-state index in [0.717, 1.165) is 38.9 Å². The molecular formula is C22H32O3. The lowest BCUT2D eigenvalue weighted by molar-refractivity contribution is -0.0541. The summed E-state index contributed by atoms with van der Waals surface area (Å²) in [6, 6.07) is 6.00. The van der Waals surface area contributed by atoms with Crippen molar-refractivity contribution in [3.63, 3.8) is 0 Å². The zero-order valence-electron chi connectivity index (χ0n) is 15.6. The molecule has 0 aliphatic heterocycles. The summed E-state index contributed by atoms with van der Waals surface area (Å²) in [7, 11) is 0. The Balaban J connectivity index is 1.70. The number of ether oxygens (including phenoxy) is 1. The van der Waals surface area contributed by atoms with Gasteiger partial charge in [0.2, 0.25) is 0 Å². The summed E-state index contributed by atoms with van der Waals surface area (Å²) in [6.45, 7) is 5.98. The molecule has 25 heavy (non-hydrogen) atoms. The van der Waals surface area contributed by atoms with Crippen molar-refractivity contribution in [2.24, 2.45) is 23.2 Å². The molecule has 3 heteroatoms. The quantitative estimate of drug-likeness (QED) is 0.802. The Bertz CT molecular complexity index is 628. The summed E-state index contributed by atoms with van der Waals surface area (Å²) >= 11 is 0. The second-order valence-corrected chi connectivity index (χ2v) is 8.77. The van der Waals surface area contributed by atoms with Crippen molar-refractivity contribution in [3.8, 4) is 5.75 Å². The third kappa shape index (κ3) is 2.80. The minimum atomic E-state index is -0.144. The number of aryl methyl sites for hydroxylation is 1. The fourth-order valence-electron chi connectivity index (χ4n) is 6.51. The van der Waals surface area contributed by atoms with Gasteiger partial charge in [-0.2, -0.15) is 0 Å². The molecule has 1 aromatic carbocycles. The van der Waals surface area contributed by atoms with Gasteiger partial charge in [0.25, 0.3) is 0 Å². The van der Waals surface area contributed by atoms with Crippen LogP contribution in [0.1, 0.15) is 63.0 Å². The van der Waals surface area contributed by atoms with Gasteiger partial charge in [-0.1, -0.05) is 13.0 Å². The van der Waals surface area contributed by atoms with Crippen LogP contribution in [-0.2, 0) is 11.2 Å². The van der Waals surface area contributed by atoms with Crippen LogP contribution in [0.25, 0.3) is 0 Å². The normalized spacial score (nSPS) is 39.6. The van der Waals surface area contributed by atoms with E-state index in [1.165, 1.54) is 24.0 Å². The highest BCUT2D eigenvalue weighted by molar-refractivity contribution is 5.40. The van der Waals surface area contributed by atoms with Crippen LogP contribution in [0.5, 0.6) is 5.75 Å². The van der Waals surface area contributed by atoms with Gasteiger partial charge in [0.1, 0.15) is 5.75 Å². The van der Waals surface area contributed by atoms with Gasteiger partial charge in [0, 0.05) is 13.2 Å². The predicted molar refractivity (Wildman–Crippen MR) is 98.7 cm³/mol. The SMILES string of the molecule is CCOCC[C@H]1C[C@]2(C)C(O)CC[C@H]2[C@@H]2CCc3cc(O)ccc3[C@@H]12. The Morgan fingerprint density at radius 1 is 1.24 bits per heavy atom. The van der Waals surface area contributed by atoms with Crippen LogP contribution in [0.4, 0.5) is 0 Å². The standard InChI is InChI=1S/C22H32O3/c1-3-25-11-10-15-13-22(2)19(8-9-20(22)24)18-6-4-14-12-16(23)5-7-17(14)21(15)18/h5,7,12,15,18-21,23-24H,3-4,6,8-11,13H2,1-2H3/t15-,18-,19-,20?,21+,22-/m0/s1. The number of aliphatic hydroxyl groups excluding tert-OH is 1. The average Bonchev–Trinajstić information content (AvgIpc) is 2.89. The van der Waals surface area contributed by atoms with E-state index in [0.29, 0.717) is 29.4 Å². The maximum Gasteiger partial charge on any atom is 0.115 e. The van der Waals surface area contributed by atoms with E-state index in [-0.39, 0.29) is 11.5 Å². The first-order valence-corrected chi connectivity index (χ1v) is 10.1. The van der Waals surface area contributed by atoms with Crippen LogP contribution in [-0.4, -0.2) is 29.5 Å². The van der Waals surface area contributed by atoms with Gasteiger partial charge >= 0.3 is 0 Å². The van der Waals surface area contributed by atoms with Gasteiger partial charge in [0.05, 0.1) is 6.10 Å². The zero-order valence-corrected chi connectivity index (χ0v) is 15.6. The molecule has 0 saturated heterocycles. The number of phenolic OH excluding ortho intramolecular Hbond substituents is 1. The van der Waals surface area contributed by atoms with Crippen LogP contribution in [0.2, 0.25) is 0 Å². The summed E-state index contributed by atoms with van der Waals surface area (Å²) < 4.78 is 5.69. The van der Waals surface area contributed by atoms with Crippen LogP contribution in [0.3, 0.4) is 0 Å². The Labute approximate surface area is 151 Å². The first kappa shape index (κ1) is 17.4. The largest absolute Gasteiger partial charge is 0.508 e. The minimum absolute atomic E-state index is 0.0759. The molecule has 4 rings (SSSR count). The molecule has 0 aromatic heterocycles. The van der Waals surface area contributed by atoms with Gasteiger partial charge in [-0.15, -0.1) is 0 Å². The molecule has 138 valence electrons. The number of fused-ring (bicyclic) bond motifs is 5. The van der Waals surface area contributed by atoms with Gasteiger partial charge in [-0.25, -0.2) is 0 Å². The fraction of sp³-hybridized carbons (Fsp3) is 0.727. The minimum Gasteiger partial charge on any atom is -0.508 e. The Morgan fingerprint density at radius 3 is 2.88 bits per heavy atom. The first-order valence-electron chi connectivity index (χ1n) is 10.1. The van der Waals surface area contributed by atoms with E-state index in [2.05, 4.69) is 19.9 Å². The van der Waals surface area contributed by atoms with Crippen molar-refractivity contribution in [2.45, 2.75) is 64.4 Å². The number of hydrogen-bond donors (Lipinski definition) is 2. The molecule has 6 atom stereocenters. The maximum atomic E-state index is 10.7. The summed E-state index contributed by atoms with van der Waals surface area (Å²) in [5.41, 5.74) is 2.87. The van der Waals surface area contributed by atoms with Crippen LogP contribution in [0, 0.1) is 23.2 Å². The molecule has 0 bridgehead atoms. The van der Waals surface area contributed by atoms with Crippen molar-refractivity contribution >= 4 is 0 Å². The van der Waals surface area contributed by atoms with Gasteiger partial charge in [-0.3, -0.25) is 0 Å². The van der Waals surface area contributed by atoms with Crippen LogP contribution >= 0.6 is 0 Å². The van der Waals surface area contributed by atoms with Gasteiger partial charge in [-0.05, 0) is 97.8 Å². The molecule has 1 unspecified atom stereocenters. The van der Waals surface area contributed by atoms with E-state index in [4.69, 9.17) is 4.74 Å². The van der Waals surface area contributed by atoms with Crippen LogP contribution in [0.15, 0.2) is 18.2 Å². The number of aromatic hydroxyl groups is 1. The molecule has 3 aliphatic rings. The van der Waals surface area contributed by atoms with Crippen molar-refractivity contribution in [2.75, 3.05) is 13.2 Å². The molecule has 1 aromatic rings. The molecule has 3 aliphatic carbocycles. The molecule has 0 radical (unpaired) electrons. The van der Waals surface area contributed by atoms with E-state index in [1.54, 1.807) is 0 Å². The second kappa shape index (κ2) is 6.59. The first-order chi connectivity index (χ1) is 12.0. The maximum absolute atomic E-state index is 10.7. The fourth-order valence-corrected chi connectivity index (χ4v) is 6.51. The third-order valence-corrected chi connectivity index (χ3v) is 7.62. The zero-order chi connectivity index (χ0) is 17.6. The van der Waals surface area contributed by atoms with Crippen molar-refractivity contribution < 1.29 is 14.9 Å². The predicted octanol–water partition coefficient (Wildman–Crippen LogP) is 4.26. The number of hydrogen-bond acceptors (Lipinski definition) is 3. The molecule has 2 saturated carbocycles. The monoisotopic (exact) mass is 344 g/mol. The number of benzene rings is 1. The molecular weight excluding hydrogens is 312 g/mol. The lowest BCUT2D eigenvalue weighted by atomic mass is 9.51. The lowest BCUT2D eigenvalue weighted by Crippen LogP contribution is -2.48. The summed E-state index contributed by atoms with van der Waals surface area (Å²) in [5, 5.41) is 20.6. The van der Waals surface area contributed by atoms with Crippen LogP contribution < -0.4 is 0 Å². The molecule has 0 amide bonds. The highest BCUT2D eigenvalue weighted by Crippen LogP contribution is 2.63. The van der Waals surface area contributed by atoms with E-state index in [9.17, 15) is 10.2 Å². The molecule has 2 fully saturated rings. The molecule has 3 nitrogen and oxygen atoms in total. The second-order valence-electron chi connectivity index (χ2n) is 8.77. The highest BCUT2D eigenvalue weighted by Gasteiger charge is 2.57. The smallest absolute Gasteiger partial charge is 0.115 e. The Hall–Kier alpha value is -1.06. The average molecular weight is 344 g/mol. The third-order valence-electron chi connectivity index (χ3n) is 7.62. The van der Waals surface area contributed by atoms with Gasteiger partial charge < -0.3 is 14.9 Å². The number of aliphatic hydroxyl groups is 1. The number of phenols is 1. The highest BCUT2D eigenvalue weighted by atomic mass is 16.5. The summed E-state index contributed by atoms with van der Waals surface area (Å²) in [5.74, 6) is 2.82.